The van der Waals surface area contributed by atoms with Crippen molar-refractivity contribution in [1.82, 2.24) is 0 Å². The third-order valence-electron chi connectivity index (χ3n) is 4.32. The third kappa shape index (κ3) is 13.5. The highest BCUT2D eigenvalue weighted by atomic mass is 16.6. The summed E-state index contributed by atoms with van der Waals surface area (Å²) in [6.07, 6.45) is -5.53. The molecule has 3 atom stereocenters. The summed E-state index contributed by atoms with van der Waals surface area (Å²) in [6, 6.07) is 0. The van der Waals surface area contributed by atoms with Gasteiger partial charge in [-0.3, -0.25) is 4.79 Å². The quantitative estimate of drug-likeness (QED) is 0.221. The average molecular weight is 448 g/mol. The van der Waals surface area contributed by atoms with Crippen molar-refractivity contribution in [1.29, 1.82) is 0 Å². The van der Waals surface area contributed by atoms with Gasteiger partial charge in [0.15, 0.2) is 18.3 Å². The topological polar surface area (TPSA) is 105 Å². The predicted molar refractivity (Wildman–Crippen MR) is 143 cm³/mol. The van der Waals surface area contributed by atoms with Crippen LogP contribution in [0.4, 0.5) is 0 Å². The maximum absolute atomic E-state index is 10.9. The van der Waals surface area contributed by atoms with E-state index < -0.39 is 74.1 Å². The highest BCUT2D eigenvalue weighted by molar-refractivity contribution is 8.05. The smallest absolute Gasteiger partial charge is 0.347 e. The van der Waals surface area contributed by atoms with Crippen molar-refractivity contribution in [3.63, 3.8) is 0 Å². The van der Waals surface area contributed by atoms with Gasteiger partial charge in [-0.15, -0.1) is 0 Å². The second kappa shape index (κ2) is 17.1. The largest absolute Gasteiger partial charge is 0.466 e. The molecule has 162 valence electrons. The molecular formula is C14H22B12O8. The molecule has 1 heterocycles. The highest BCUT2D eigenvalue weighted by Crippen LogP contribution is 2.08. The summed E-state index contributed by atoms with van der Waals surface area (Å²) in [5.41, 5.74) is 0. The van der Waals surface area contributed by atoms with E-state index in [2.05, 4.69) is 14.2 Å². The zero-order valence-corrected chi connectivity index (χ0v) is 20.5. The minimum Gasteiger partial charge on any atom is -0.466 e. The fraction of sp³-hybridized carbons (Fsp3) is 0.714. The Hall–Kier alpha value is -1.34. The van der Waals surface area contributed by atoms with Gasteiger partial charge in [0, 0.05) is 86.1 Å². The summed E-state index contributed by atoms with van der Waals surface area (Å²) in [4.78, 5) is 43.0. The second-order valence-electron chi connectivity index (χ2n) is 7.80. The Labute approximate surface area is 214 Å². The number of ether oxygens (including phenoxy) is 4. The first-order chi connectivity index (χ1) is 15.5. The Morgan fingerprint density at radius 3 is 1.41 bits per heavy atom. The Kier molecular flexibility index (Phi) is 17.6. The maximum Gasteiger partial charge on any atom is 0.347 e. The van der Waals surface area contributed by atoms with E-state index in [1.54, 1.807) is 13.8 Å². The van der Waals surface area contributed by atoms with E-state index in [9.17, 15) is 19.2 Å². The molecule has 0 amide bonds. The lowest BCUT2D eigenvalue weighted by molar-refractivity contribution is -0.191. The van der Waals surface area contributed by atoms with Crippen LogP contribution in [0.25, 0.3) is 0 Å². The molecule has 0 aromatic heterocycles. The monoisotopic (exact) mass is 450 g/mol. The molecule has 1 rings (SSSR count). The molecule has 1 aliphatic rings. The van der Waals surface area contributed by atoms with Gasteiger partial charge in [0.25, 0.3) is 0 Å². The normalized spacial score (nSPS) is 17.1. The lowest BCUT2D eigenvalue weighted by atomic mass is 8.53. The van der Waals surface area contributed by atoms with Crippen LogP contribution in [0.2, 0.25) is 0 Å². The first kappa shape index (κ1) is 34.8. The molecule has 20 heteroatoms. The number of esters is 4. The van der Waals surface area contributed by atoms with Crippen LogP contribution in [0.5, 0.6) is 0 Å². The molecule has 0 aromatic rings. The van der Waals surface area contributed by atoms with Gasteiger partial charge in [0.1, 0.15) is 0 Å². The third-order valence-corrected chi connectivity index (χ3v) is 4.32. The van der Waals surface area contributed by atoms with E-state index >= 15 is 0 Å². The lowest BCUT2D eigenvalue weighted by Gasteiger charge is -2.29. The number of hydrogen-bond donors (Lipinski definition) is 0. The fourth-order valence-corrected chi connectivity index (χ4v) is 2.19. The van der Waals surface area contributed by atoms with Crippen LogP contribution in [0.1, 0.15) is 34.6 Å². The van der Waals surface area contributed by atoms with Crippen LogP contribution in [-0.4, -0.2) is 135 Å². The lowest BCUT2D eigenvalue weighted by Crippen LogP contribution is -2.67. The maximum atomic E-state index is 10.9. The van der Waals surface area contributed by atoms with Crippen molar-refractivity contribution in [2.45, 2.75) is 52.9 Å². The minimum absolute atomic E-state index is 0.225. The zero-order valence-electron chi connectivity index (χ0n) is 20.5. The van der Waals surface area contributed by atoms with Gasteiger partial charge < -0.3 is 18.9 Å². The average Bonchev–Trinajstić information content (AvgIpc) is 2.71. The summed E-state index contributed by atoms with van der Waals surface area (Å²) in [7, 11) is 39.1. The van der Waals surface area contributed by atoms with E-state index in [0.29, 0.717) is 0 Å². The molecule has 1 aliphatic heterocycles. The van der Waals surface area contributed by atoms with Crippen LogP contribution in [0, 0.1) is 5.92 Å². The van der Waals surface area contributed by atoms with Crippen LogP contribution in [-0.2, 0) is 38.1 Å². The van der Waals surface area contributed by atoms with Gasteiger partial charge >= 0.3 is 23.9 Å². The summed E-state index contributed by atoms with van der Waals surface area (Å²) in [5.74, 6) is -2.12. The molecule has 0 aliphatic carbocycles. The Bertz CT molecular complexity index is 637. The zero-order chi connectivity index (χ0) is 27.3. The molecule has 1 saturated heterocycles. The van der Waals surface area contributed by atoms with Gasteiger partial charge in [-0.1, -0.05) is 13.8 Å². The van der Waals surface area contributed by atoms with E-state index in [4.69, 9.17) is 58.9 Å². The van der Waals surface area contributed by atoms with Crippen molar-refractivity contribution in [3.8, 4) is 0 Å². The number of carbonyl (C=O) groups is 4. The van der Waals surface area contributed by atoms with Crippen LogP contribution < -0.4 is 0 Å². The second-order valence-corrected chi connectivity index (χ2v) is 7.80. The molecule has 0 aromatic carbocycles. The minimum atomic E-state index is -0.815. The Balaban J connectivity index is 0. The molecule has 34 heavy (non-hydrogen) atoms. The van der Waals surface area contributed by atoms with Crippen molar-refractivity contribution in [2.24, 2.45) is 5.92 Å². The molecule has 0 bridgehead atoms. The Morgan fingerprint density at radius 2 is 1.18 bits per heavy atom. The molecule has 14 radical (unpaired) electrons. The summed E-state index contributed by atoms with van der Waals surface area (Å²) >= 11 is 0. The molecule has 1 fully saturated rings. The Morgan fingerprint density at radius 1 is 0.794 bits per heavy atom. The standard InChI is InChI=1S/C8H14O4.C6H8O4.B12/c1-5(2)7(9)12-6(3)8(10)11-4;1-3-5(7)10-4(2)6(8)9-3;1-8(2)11(7)12(9(3)4)10(5)6/h5-6H,1-4H3;3-4H,1-2H3;. The van der Waals surface area contributed by atoms with E-state index in [1.807, 2.05) is 0 Å². The van der Waals surface area contributed by atoms with Crippen LogP contribution in [0.3, 0.4) is 0 Å². The number of cyclic esters (lactones) is 2. The number of hydrogen-bond acceptors (Lipinski definition) is 8. The van der Waals surface area contributed by atoms with Crippen molar-refractivity contribution >= 4 is 110 Å². The number of methoxy groups -OCH3 is 1. The summed E-state index contributed by atoms with van der Waals surface area (Å²) < 4.78 is 18.3. The van der Waals surface area contributed by atoms with Gasteiger partial charge in [0.05, 0.1) is 13.0 Å². The molecule has 0 saturated carbocycles. The molecular weight excluding hydrogens is 426 g/mol. The summed E-state index contributed by atoms with van der Waals surface area (Å²) in [5, 5.41) is 0. The van der Waals surface area contributed by atoms with Crippen molar-refractivity contribution < 1.29 is 38.1 Å². The van der Waals surface area contributed by atoms with Crippen molar-refractivity contribution in [3.05, 3.63) is 0 Å². The number of carbonyl (C=O) groups excluding carboxylic acids is 4. The molecule has 0 N–H and O–H groups in total. The predicted octanol–water partition coefficient (Wildman–Crippen LogP) is -3.96. The first-order valence-corrected chi connectivity index (χ1v) is 10.5. The van der Waals surface area contributed by atoms with E-state index in [1.165, 1.54) is 27.9 Å². The van der Waals surface area contributed by atoms with Crippen molar-refractivity contribution in [2.75, 3.05) is 7.11 Å². The SMILES string of the molecule is CC1OC(=O)C(C)OC1=O.COC(=O)C(C)OC(=O)C(C)C.[B]B([B])B([B])B(B([B])[B])B([B])[B]. The highest BCUT2D eigenvalue weighted by Gasteiger charge is 2.32. The molecule has 0 spiro atoms. The van der Waals surface area contributed by atoms with E-state index in [0.717, 1.165) is 0 Å². The fourth-order valence-electron chi connectivity index (χ4n) is 2.19. The first-order valence-electron chi connectivity index (χ1n) is 10.5. The molecule has 8 nitrogen and oxygen atoms in total. The van der Waals surface area contributed by atoms with Crippen LogP contribution in [0.15, 0.2) is 0 Å². The van der Waals surface area contributed by atoms with Crippen LogP contribution >= 0.6 is 0 Å². The van der Waals surface area contributed by atoms with E-state index in [-0.39, 0.29) is 5.92 Å². The van der Waals surface area contributed by atoms with Gasteiger partial charge in [-0.05, 0) is 20.8 Å². The molecule has 3 unspecified atom stereocenters. The van der Waals surface area contributed by atoms with Gasteiger partial charge in [0.2, 0.25) is 0 Å². The van der Waals surface area contributed by atoms with Gasteiger partial charge in [-0.2, -0.15) is 0 Å². The summed E-state index contributed by atoms with van der Waals surface area (Å²) in [6.45, 7) is 7.84. The number of rotatable bonds is 7. The van der Waals surface area contributed by atoms with Gasteiger partial charge in [-0.25, -0.2) is 14.4 Å².